The average molecular weight is 347 g/mol. The Kier molecular flexibility index (Phi) is 7.56. The monoisotopic (exact) mass is 346 g/mol. The zero-order valence-electron chi connectivity index (χ0n) is 16.3. The largest absolute Gasteiger partial charge is 0.368 e. The molecule has 1 heterocycles. The number of nitrogens with zero attached hydrogens (tertiary/aromatic N) is 3. The Morgan fingerprint density at radius 3 is 2.20 bits per heavy atom. The molecular formula is C20H34N4O. The summed E-state index contributed by atoms with van der Waals surface area (Å²) in [6.07, 6.45) is 3.09. The summed E-state index contributed by atoms with van der Waals surface area (Å²) in [7, 11) is 4.11. The van der Waals surface area contributed by atoms with Crippen LogP contribution in [0, 0.1) is 0 Å². The minimum atomic E-state index is 0.0814. The molecule has 2 amide bonds. The van der Waals surface area contributed by atoms with Crippen molar-refractivity contribution in [3.63, 3.8) is 0 Å². The molecule has 1 N–H and O–H groups in total. The molecule has 0 atom stereocenters. The SMILES string of the molecule is CCc1cccc(CC)c1N1CCN(C(=O)NCCCN(C)C)CC1. The first-order valence-electron chi connectivity index (χ1n) is 9.60. The van der Waals surface area contributed by atoms with E-state index in [0.29, 0.717) is 0 Å². The first kappa shape index (κ1) is 19.6. The van der Waals surface area contributed by atoms with Gasteiger partial charge in [-0.2, -0.15) is 0 Å². The van der Waals surface area contributed by atoms with Gasteiger partial charge in [0.25, 0.3) is 0 Å². The molecule has 2 rings (SSSR count). The Morgan fingerprint density at radius 2 is 1.68 bits per heavy atom. The highest BCUT2D eigenvalue weighted by Crippen LogP contribution is 2.27. The van der Waals surface area contributed by atoms with Crippen LogP contribution < -0.4 is 10.2 Å². The summed E-state index contributed by atoms with van der Waals surface area (Å²) in [5.41, 5.74) is 4.24. The Morgan fingerprint density at radius 1 is 1.08 bits per heavy atom. The lowest BCUT2D eigenvalue weighted by atomic mass is 10.0. The first-order valence-corrected chi connectivity index (χ1v) is 9.60. The number of para-hydroxylation sites is 1. The van der Waals surface area contributed by atoms with Gasteiger partial charge in [0.15, 0.2) is 0 Å². The molecule has 5 nitrogen and oxygen atoms in total. The topological polar surface area (TPSA) is 38.8 Å². The second kappa shape index (κ2) is 9.66. The zero-order valence-corrected chi connectivity index (χ0v) is 16.3. The highest BCUT2D eigenvalue weighted by molar-refractivity contribution is 5.74. The van der Waals surface area contributed by atoms with Gasteiger partial charge in [0.05, 0.1) is 0 Å². The van der Waals surface area contributed by atoms with Gasteiger partial charge in [0.1, 0.15) is 0 Å². The summed E-state index contributed by atoms with van der Waals surface area (Å²) in [6, 6.07) is 6.72. The van der Waals surface area contributed by atoms with E-state index >= 15 is 0 Å². The average Bonchev–Trinajstić information content (AvgIpc) is 2.64. The number of nitrogens with one attached hydrogen (secondary N) is 1. The Hall–Kier alpha value is -1.75. The van der Waals surface area contributed by atoms with Gasteiger partial charge >= 0.3 is 6.03 Å². The molecule has 0 spiro atoms. The fourth-order valence-electron chi connectivity index (χ4n) is 3.46. The fourth-order valence-corrected chi connectivity index (χ4v) is 3.46. The predicted molar refractivity (Wildman–Crippen MR) is 106 cm³/mol. The number of piperazine rings is 1. The van der Waals surface area contributed by atoms with Crippen molar-refractivity contribution in [2.75, 3.05) is 58.3 Å². The van der Waals surface area contributed by atoms with Crippen LogP contribution in [-0.2, 0) is 12.8 Å². The molecule has 0 saturated carbocycles. The minimum absolute atomic E-state index is 0.0814. The number of aryl methyl sites for hydroxylation is 2. The Bertz CT molecular complexity index is 528. The number of rotatable bonds is 7. The van der Waals surface area contributed by atoms with Gasteiger partial charge in [-0.25, -0.2) is 4.79 Å². The highest BCUT2D eigenvalue weighted by Gasteiger charge is 2.23. The molecule has 140 valence electrons. The van der Waals surface area contributed by atoms with E-state index < -0.39 is 0 Å². The van der Waals surface area contributed by atoms with E-state index in [4.69, 9.17) is 0 Å². The van der Waals surface area contributed by atoms with E-state index in [2.05, 4.69) is 61.3 Å². The molecule has 0 bridgehead atoms. The molecular weight excluding hydrogens is 312 g/mol. The van der Waals surface area contributed by atoms with Crippen LogP contribution in [0.15, 0.2) is 18.2 Å². The summed E-state index contributed by atoms with van der Waals surface area (Å²) in [4.78, 5) is 18.9. The van der Waals surface area contributed by atoms with Gasteiger partial charge in [0, 0.05) is 38.4 Å². The van der Waals surface area contributed by atoms with Gasteiger partial charge in [-0.05, 0) is 51.0 Å². The van der Waals surface area contributed by atoms with E-state index in [9.17, 15) is 4.79 Å². The number of anilines is 1. The quantitative estimate of drug-likeness (QED) is 0.772. The third kappa shape index (κ3) is 5.36. The number of urea groups is 1. The molecule has 0 unspecified atom stereocenters. The lowest BCUT2D eigenvalue weighted by Gasteiger charge is -2.38. The molecule has 0 radical (unpaired) electrons. The van der Waals surface area contributed by atoms with Gasteiger partial charge in [-0.1, -0.05) is 32.0 Å². The molecule has 1 saturated heterocycles. The van der Waals surface area contributed by atoms with E-state index in [-0.39, 0.29) is 6.03 Å². The second-order valence-corrected chi connectivity index (χ2v) is 6.99. The molecule has 25 heavy (non-hydrogen) atoms. The molecule has 1 aliphatic rings. The highest BCUT2D eigenvalue weighted by atomic mass is 16.2. The van der Waals surface area contributed by atoms with E-state index in [1.807, 2.05) is 4.90 Å². The lowest BCUT2D eigenvalue weighted by Crippen LogP contribution is -2.52. The summed E-state index contributed by atoms with van der Waals surface area (Å²) in [5.74, 6) is 0. The van der Waals surface area contributed by atoms with E-state index in [0.717, 1.165) is 58.5 Å². The number of carbonyl (C=O) groups excluding carboxylic acids is 1. The summed E-state index contributed by atoms with van der Waals surface area (Å²) in [5, 5.41) is 3.05. The van der Waals surface area contributed by atoms with Crippen molar-refractivity contribution in [3.05, 3.63) is 29.3 Å². The van der Waals surface area contributed by atoms with Crippen molar-refractivity contribution in [3.8, 4) is 0 Å². The van der Waals surface area contributed by atoms with Crippen LogP contribution in [0.4, 0.5) is 10.5 Å². The number of benzene rings is 1. The van der Waals surface area contributed by atoms with Crippen LogP contribution in [-0.4, -0.2) is 69.2 Å². The van der Waals surface area contributed by atoms with Gasteiger partial charge in [-0.15, -0.1) is 0 Å². The summed E-state index contributed by atoms with van der Waals surface area (Å²) in [6.45, 7) is 9.59. The van der Waals surface area contributed by atoms with Crippen LogP contribution >= 0.6 is 0 Å². The van der Waals surface area contributed by atoms with Crippen molar-refractivity contribution in [2.45, 2.75) is 33.1 Å². The minimum Gasteiger partial charge on any atom is -0.368 e. The second-order valence-electron chi connectivity index (χ2n) is 6.99. The molecule has 1 aromatic rings. The van der Waals surface area contributed by atoms with Crippen LogP contribution in [0.5, 0.6) is 0 Å². The number of amides is 2. The fraction of sp³-hybridized carbons (Fsp3) is 0.650. The normalized spacial score (nSPS) is 14.9. The number of hydrogen-bond donors (Lipinski definition) is 1. The number of hydrogen-bond acceptors (Lipinski definition) is 3. The van der Waals surface area contributed by atoms with Crippen LogP contribution in [0.2, 0.25) is 0 Å². The van der Waals surface area contributed by atoms with Crippen molar-refractivity contribution < 1.29 is 4.79 Å². The molecule has 1 aliphatic heterocycles. The Balaban J connectivity index is 1.88. The molecule has 5 heteroatoms. The zero-order chi connectivity index (χ0) is 18.2. The van der Waals surface area contributed by atoms with Crippen molar-refractivity contribution in [1.82, 2.24) is 15.1 Å². The number of carbonyl (C=O) groups is 1. The first-order chi connectivity index (χ1) is 12.1. The molecule has 1 aromatic carbocycles. The van der Waals surface area contributed by atoms with Crippen LogP contribution in [0.1, 0.15) is 31.4 Å². The van der Waals surface area contributed by atoms with Crippen LogP contribution in [0.25, 0.3) is 0 Å². The van der Waals surface area contributed by atoms with E-state index in [1.165, 1.54) is 16.8 Å². The van der Waals surface area contributed by atoms with Crippen molar-refractivity contribution >= 4 is 11.7 Å². The maximum absolute atomic E-state index is 12.3. The molecule has 1 fully saturated rings. The maximum Gasteiger partial charge on any atom is 0.317 e. The van der Waals surface area contributed by atoms with Gasteiger partial charge in [0.2, 0.25) is 0 Å². The van der Waals surface area contributed by atoms with Gasteiger partial charge < -0.3 is 20.0 Å². The van der Waals surface area contributed by atoms with Gasteiger partial charge in [-0.3, -0.25) is 0 Å². The standard InChI is InChI=1S/C20H34N4O/c1-5-17-9-7-10-18(6-2)19(17)23-13-15-24(16-14-23)20(25)21-11-8-12-22(3)4/h7,9-10H,5-6,8,11-16H2,1-4H3,(H,21,25). The summed E-state index contributed by atoms with van der Waals surface area (Å²) >= 11 is 0. The molecule has 0 aromatic heterocycles. The summed E-state index contributed by atoms with van der Waals surface area (Å²) < 4.78 is 0. The van der Waals surface area contributed by atoms with Crippen molar-refractivity contribution in [2.24, 2.45) is 0 Å². The van der Waals surface area contributed by atoms with Crippen LogP contribution in [0.3, 0.4) is 0 Å². The smallest absolute Gasteiger partial charge is 0.317 e. The lowest BCUT2D eigenvalue weighted by molar-refractivity contribution is 0.194. The van der Waals surface area contributed by atoms with E-state index in [1.54, 1.807) is 0 Å². The maximum atomic E-state index is 12.3. The third-order valence-electron chi connectivity index (χ3n) is 4.91. The molecule has 0 aliphatic carbocycles. The third-order valence-corrected chi connectivity index (χ3v) is 4.91. The predicted octanol–water partition coefficient (Wildman–Crippen LogP) is 2.59. The Labute approximate surface area is 153 Å². The van der Waals surface area contributed by atoms with Crippen molar-refractivity contribution in [1.29, 1.82) is 0 Å².